The van der Waals surface area contributed by atoms with Crippen LogP contribution in [-0.4, -0.2) is 69.7 Å². The molecule has 3 aromatic heterocycles. The standard InChI is InChI=1S/C36H45N5O5S/c1-7-43-34(42)31(46-35(3,4)5)30-24(2)38-29-22-27-32-37-23-26(47-32)21-25-13-9-10-14-28(25)44-19-11-8-12-20-45-36(6)15-17-40(18-16-36)33(30)41(29)39-27/h8-10,12-14,22-23,31H,7,11,15-21H2,1-6H3/b12-8+/t31-/m0/s1. The van der Waals surface area contributed by atoms with Crippen molar-refractivity contribution < 1.29 is 23.7 Å². The van der Waals surface area contributed by atoms with E-state index >= 15 is 0 Å². The van der Waals surface area contributed by atoms with Gasteiger partial charge in [0.2, 0.25) is 0 Å². The maximum absolute atomic E-state index is 13.6. The van der Waals surface area contributed by atoms with E-state index in [2.05, 4.69) is 30.0 Å². The highest BCUT2D eigenvalue weighted by molar-refractivity contribution is 7.15. The van der Waals surface area contributed by atoms with Gasteiger partial charge in [0.05, 0.1) is 36.6 Å². The molecule has 0 saturated carbocycles. The number of hydrogen-bond acceptors (Lipinski definition) is 10. The van der Waals surface area contributed by atoms with E-state index in [-0.39, 0.29) is 12.2 Å². The van der Waals surface area contributed by atoms with Gasteiger partial charge in [-0.05, 0) is 72.4 Å². The minimum Gasteiger partial charge on any atom is -0.493 e. The summed E-state index contributed by atoms with van der Waals surface area (Å²) in [4.78, 5) is 26.7. The summed E-state index contributed by atoms with van der Waals surface area (Å²) in [5, 5.41) is 5.90. The van der Waals surface area contributed by atoms with E-state index in [1.807, 2.05) is 62.7 Å². The lowest BCUT2D eigenvalue weighted by Gasteiger charge is -2.41. The van der Waals surface area contributed by atoms with Crippen LogP contribution in [0.2, 0.25) is 0 Å². The third-order valence-electron chi connectivity index (χ3n) is 8.51. The van der Waals surface area contributed by atoms with Gasteiger partial charge in [-0.15, -0.1) is 11.3 Å². The van der Waals surface area contributed by atoms with Gasteiger partial charge in [-0.25, -0.2) is 14.8 Å². The number of carbonyl (C=O) groups is 1. The summed E-state index contributed by atoms with van der Waals surface area (Å²) in [6.07, 6.45) is 8.26. The van der Waals surface area contributed by atoms with E-state index in [1.165, 1.54) is 0 Å². The van der Waals surface area contributed by atoms with Crippen LogP contribution in [0.3, 0.4) is 0 Å². The van der Waals surface area contributed by atoms with Crippen LogP contribution in [0.4, 0.5) is 5.82 Å². The molecule has 1 fully saturated rings. The number of aromatic nitrogens is 4. The van der Waals surface area contributed by atoms with Crippen LogP contribution in [0.1, 0.15) is 81.7 Å². The molecule has 0 radical (unpaired) electrons. The van der Waals surface area contributed by atoms with E-state index in [9.17, 15) is 4.79 Å². The second-order valence-corrected chi connectivity index (χ2v) is 14.5. The first-order valence-corrected chi connectivity index (χ1v) is 17.3. The first-order valence-electron chi connectivity index (χ1n) is 16.5. The van der Waals surface area contributed by atoms with Gasteiger partial charge in [0.1, 0.15) is 22.3 Å². The van der Waals surface area contributed by atoms with Gasteiger partial charge in [0.15, 0.2) is 11.8 Å². The lowest BCUT2D eigenvalue weighted by molar-refractivity contribution is -0.166. The third-order valence-corrected chi connectivity index (χ3v) is 9.53. The quantitative estimate of drug-likeness (QED) is 0.171. The summed E-state index contributed by atoms with van der Waals surface area (Å²) in [5.74, 6) is 1.23. The van der Waals surface area contributed by atoms with Crippen molar-refractivity contribution in [3.05, 3.63) is 70.4 Å². The molecular formula is C36H45N5O5S. The molecule has 1 aromatic carbocycles. The highest BCUT2D eigenvalue weighted by Gasteiger charge is 2.38. The van der Waals surface area contributed by atoms with E-state index in [0.717, 1.165) is 52.0 Å². The van der Waals surface area contributed by atoms with Crippen molar-refractivity contribution in [2.45, 2.75) is 84.5 Å². The number of benzene rings is 1. The van der Waals surface area contributed by atoms with Crippen LogP contribution in [0, 0.1) is 6.92 Å². The Morgan fingerprint density at radius 3 is 2.72 bits per heavy atom. The molecule has 0 spiro atoms. The van der Waals surface area contributed by atoms with Crippen LogP contribution in [0.15, 0.2) is 48.7 Å². The minimum absolute atomic E-state index is 0.246. The van der Waals surface area contributed by atoms with Crippen LogP contribution < -0.4 is 9.64 Å². The maximum atomic E-state index is 13.6. The van der Waals surface area contributed by atoms with E-state index in [4.69, 9.17) is 34.0 Å². The Morgan fingerprint density at radius 2 is 1.96 bits per heavy atom. The molecule has 3 aliphatic heterocycles. The fraction of sp³-hybridized carbons (Fsp3) is 0.500. The Hall–Kier alpha value is -3.80. The summed E-state index contributed by atoms with van der Waals surface area (Å²) in [6.45, 7) is 14.5. The second kappa shape index (κ2) is 13.7. The lowest BCUT2D eigenvalue weighted by Crippen LogP contribution is -2.45. The molecule has 47 heavy (non-hydrogen) atoms. The van der Waals surface area contributed by atoms with Crippen molar-refractivity contribution in [1.29, 1.82) is 0 Å². The predicted molar refractivity (Wildman–Crippen MR) is 183 cm³/mol. The third kappa shape index (κ3) is 7.52. The fourth-order valence-electron chi connectivity index (χ4n) is 6.12. The Labute approximate surface area is 280 Å². The van der Waals surface area contributed by atoms with E-state index in [0.29, 0.717) is 49.6 Å². The fourth-order valence-corrected chi connectivity index (χ4v) is 7.01. The molecule has 0 amide bonds. The zero-order chi connectivity index (χ0) is 33.2. The molecule has 0 aliphatic carbocycles. The number of esters is 1. The van der Waals surface area contributed by atoms with Crippen molar-refractivity contribution in [1.82, 2.24) is 19.6 Å². The van der Waals surface area contributed by atoms with Gasteiger partial charge in [-0.1, -0.05) is 30.4 Å². The number of carbonyl (C=O) groups excluding carboxylic acids is 1. The van der Waals surface area contributed by atoms with Crippen LogP contribution in [0.25, 0.3) is 16.3 Å². The van der Waals surface area contributed by atoms with Crippen molar-refractivity contribution >= 4 is 28.8 Å². The molecule has 1 atom stereocenters. The van der Waals surface area contributed by atoms with E-state index in [1.54, 1.807) is 18.3 Å². The zero-order valence-electron chi connectivity index (χ0n) is 28.2. The van der Waals surface area contributed by atoms with Gasteiger partial charge in [-0.3, -0.25) is 0 Å². The van der Waals surface area contributed by atoms with Crippen molar-refractivity contribution in [3.8, 4) is 16.5 Å². The Balaban J connectivity index is 1.48. The molecule has 3 aliphatic rings. The van der Waals surface area contributed by atoms with Gasteiger partial charge >= 0.3 is 5.97 Å². The van der Waals surface area contributed by atoms with Gasteiger partial charge in [0, 0.05) is 42.3 Å². The number of rotatable bonds is 4. The molecule has 10 nitrogen and oxygen atoms in total. The van der Waals surface area contributed by atoms with E-state index < -0.39 is 17.7 Å². The Bertz CT molecular complexity index is 1750. The van der Waals surface area contributed by atoms with Gasteiger partial charge < -0.3 is 23.8 Å². The zero-order valence-corrected chi connectivity index (χ0v) is 29.1. The highest BCUT2D eigenvalue weighted by Crippen LogP contribution is 2.39. The Morgan fingerprint density at radius 1 is 1.17 bits per heavy atom. The SMILES string of the molecule is CCOC(=O)[C@@H](OC(C)(C)C)c1c(C)nc2cc3nn2c1N1CCC(C)(CC1)OC/C=C/CCOc1ccccc1Cc1cnc-3s1. The number of thiazole rings is 1. The topological polar surface area (TPSA) is 100 Å². The van der Waals surface area contributed by atoms with Crippen LogP contribution in [0.5, 0.6) is 5.75 Å². The minimum atomic E-state index is -0.979. The first-order chi connectivity index (χ1) is 22.5. The summed E-state index contributed by atoms with van der Waals surface area (Å²) in [6, 6.07) is 10.1. The molecule has 0 unspecified atom stereocenters. The number of nitrogens with zero attached hydrogens (tertiary/aromatic N) is 5. The highest BCUT2D eigenvalue weighted by atomic mass is 32.1. The van der Waals surface area contributed by atoms with Crippen LogP contribution in [-0.2, 0) is 25.4 Å². The molecule has 250 valence electrons. The van der Waals surface area contributed by atoms with Gasteiger partial charge in [0.25, 0.3) is 0 Å². The number of ether oxygens (including phenoxy) is 4. The van der Waals surface area contributed by atoms with Crippen LogP contribution >= 0.6 is 11.3 Å². The number of hydrogen-bond donors (Lipinski definition) is 0. The lowest BCUT2D eigenvalue weighted by atomic mass is 9.92. The average Bonchev–Trinajstić information content (AvgIpc) is 3.66. The number of anilines is 1. The molecule has 11 heteroatoms. The second-order valence-electron chi connectivity index (χ2n) is 13.4. The molecule has 6 bridgehead atoms. The molecular weight excluding hydrogens is 614 g/mol. The maximum Gasteiger partial charge on any atom is 0.340 e. The predicted octanol–water partition coefficient (Wildman–Crippen LogP) is 6.89. The molecule has 0 N–H and O–H groups in total. The Kier molecular flexibility index (Phi) is 9.68. The normalized spacial score (nSPS) is 18.3. The largest absolute Gasteiger partial charge is 0.493 e. The van der Waals surface area contributed by atoms with Gasteiger partial charge in [-0.2, -0.15) is 9.61 Å². The number of piperidine rings is 1. The van der Waals surface area contributed by atoms with Crippen molar-refractivity contribution in [2.24, 2.45) is 0 Å². The summed E-state index contributed by atoms with van der Waals surface area (Å²) < 4.78 is 26.5. The summed E-state index contributed by atoms with van der Waals surface area (Å²) in [5.41, 5.74) is 2.98. The van der Waals surface area contributed by atoms with Crippen molar-refractivity contribution in [2.75, 3.05) is 37.8 Å². The molecule has 6 heterocycles. The smallest absolute Gasteiger partial charge is 0.340 e. The molecule has 7 rings (SSSR count). The first kappa shape index (κ1) is 33.1. The number of aryl methyl sites for hydroxylation is 1. The van der Waals surface area contributed by atoms with Crippen molar-refractivity contribution in [3.63, 3.8) is 0 Å². The number of para-hydroxylation sites is 1. The number of fused-ring (bicyclic) bond motifs is 7. The summed E-state index contributed by atoms with van der Waals surface area (Å²) in [7, 11) is 0. The monoisotopic (exact) mass is 659 g/mol. The molecule has 1 saturated heterocycles. The summed E-state index contributed by atoms with van der Waals surface area (Å²) >= 11 is 1.61. The average molecular weight is 660 g/mol. The molecule has 4 aromatic rings.